The van der Waals surface area contributed by atoms with E-state index in [9.17, 15) is 14.4 Å². The number of aromatic nitrogens is 2. The number of benzene rings is 2. The van der Waals surface area contributed by atoms with Gasteiger partial charge in [0.1, 0.15) is 6.54 Å². The molecule has 1 N–H and O–H groups in total. The number of nitrogens with zero attached hydrogens (tertiary/aromatic N) is 3. The van der Waals surface area contributed by atoms with Crippen molar-refractivity contribution in [3.8, 4) is 0 Å². The van der Waals surface area contributed by atoms with Gasteiger partial charge in [-0.15, -0.1) is 0 Å². The van der Waals surface area contributed by atoms with Crippen LogP contribution in [0, 0.1) is 0 Å². The van der Waals surface area contributed by atoms with E-state index in [2.05, 4.69) is 22.3 Å². The van der Waals surface area contributed by atoms with Gasteiger partial charge in [0, 0.05) is 32.2 Å². The van der Waals surface area contributed by atoms with Crippen molar-refractivity contribution < 1.29 is 4.79 Å². The smallest absolute Gasteiger partial charge is 0.331 e. The monoisotopic (exact) mass is 406 g/mol. The molecule has 2 heterocycles. The van der Waals surface area contributed by atoms with Crippen LogP contribution in [0.5, 0.6) is 0 Å². The van der Waals surface area contributed by atoms with E-state index >= 15 is 0 Å². The molecule has 1 aliphatic rings. The molecule has 1 atom stereocenters. The van der Waals surface area contributed by atoms with E-state index in [0.717, 1.165) is 26.1 Å². The first kappa shape index (κ1) is 20.1. The maximum atomic E-state index is 12.8. The summed E-state index contributed by atoms with van der Waals surface area (Å²) in [5.74, 6) is -0.213. The maximum absolute atomic E-state index is 12.8. The molecule has 4 rings (SSSR count). The molecule has 2 aromatic carbocycles. The molecule has 1 saturated heterocycles. The van der Waals surface area contributed by atoms with Crippen LogP contribution in [0.3, 0.4) is 0 Å². The van der Waals surface area contributed by atoms with E-state index in [1.165, 1.54) is 14.7 Å². The Morgan fingerprint density at radius 2 is 1.77 bits per heavy atom. The number of carbonyl (C=O) groups is 1. The van der Waals surface area contributed by atoms with Crippen molar-refractivity contribution in [3.63, 3.8) is 0 Å². The second kappa shape index (κ2) is 8.67. The summed E-state index contributed by atoms with van der Waals surface area (Å²) in [5, 5.41) is 3.51. The van der Waals surface area contributed by atoms with E-state index in [0.29, 0.717) is 10.9 Å². The van der Waals surface area contributed by atoms with Crippen molar-refractivity contribution in [2.24, 2.45) is 0 Å². The van der Waals surface area contributed by atoms with Gasteiger partial charge in [0.25, 0.3) is 5.56 Å². The van der Waals surface area contributed by atoms with Gasteiger partial charge in [0.05, 0.1) is 10.9 Å². The third kappa shape index (κ3) is 4.07. The molecule has 0 bridgehead atoms. The molecule has 7 heteroatoms. The quantitative estimate of drug-likeness (QED) is 0.674. The van der Waals surface area contributed by atoms with Crippen molar-refractivity contribution in [2.75, 3.05) is 13.1 Å². The lowest BCUT2D eigenvalue weighted by molar-refractivity contribution is -0.122. The Hall–Kier alpha value is -3.19. The fourth-order valence-electron chi connectivity index (χ4n) is 4.16. The topological polar surface area (TPSA) is 76.3 Å². The number of hydrogen-bond acceptors (Lipinski definition) is 4. The van der Waals surface area contributed by atoms with Gasteiger partial charge in [0.15, 0.2) is 0 Å². The highest BCUT2D eigenvalue weighted by molar-refractivity contribution is 5.81. The Morgan fingerprint density at radius 3 is 2.53 bits per heavy atom. The third-order valence-corrected chi connectivity index (χ3v) is 5.64. The highest BCUT2D eigenvalue weighted by atomic mass is 16.2. The largest absolute Gasteiger partial charge is 0.350 e. The summed E-state index contributed by atoms with van der Waals surface area (Å²) in [5.41, 5.74) is 0.976. The number of hydrogen-bond donors (Lipinski definition) is 1. The SMILES string of the molecule is CCn1c(=O)c2ccccc2n(CC(=O)N[C@H]2CCN(Cc3ccccc3)C2)c1=O. The van der Waals surface area contributed by atoms with Crippen LogP contribution in [0.4, 0.5) is 0 Å². The van der Waals surface area contributed by atoms with Crippen LogP contribution in [0.25, 0.3) is 10.9 Å². The Bertz CT molecular complexity index is 1170. The van der Waals surface area contributed by atoms with E-state index in [1.807, 2.05) is 18.2 Å². The summed E-state index contributed by atoms with van der Waals surface area (Å²) in [6.45, 7) is 4.48. The fraction of sp³-hybridized carbons (Fsp3) is 0.348. The Balaban J connectivity index is 1.47. The Labute approximate surface area is 174 Å². The predicted molar refractivity (Wildman–Crippen MR) is 116 cm³/mol. The second-order valence-electron chi connectivity index (χ2n) is 7.71. The Morgan fingerprint density at radius 1 is 1.03 bits per heavy atom. The normalized spacial score (nSPS) is 16.8. The molecule has 1 aliphatic heterocycles. The number of nitrogens with one attached hydrogen (secondary N) is 1. The number of carbonyl (C=O) groups excluding carboxylic acids is 1. The number of para-hydroxylation sites is 1. The van der Waals surface area contributed by atoms with Crippen LogP contribution in [0.2, 0.25) is 0 Å². The molecular formula is C23H26N4O3. The summed E-state index contributed by atoms with van der Waals surface area (Å²) in [6.07, 6.45) is 0.878. The van der Waals surface area contributed by atoms with Gasteiger partial charge in [-0.1, -0.05) is 42.5 Å². The molecule has 0 unspecified atom stereocenters. The minimum absolute atomic E-state index is 0.0558. The van der Waals surface area contributed by atoms with Crippen LogP contribution >= 0.6 is 0 Å². The lowest BCUT2D eigenvalue weighted by Gasteiger charge is -2.18. The van der Waals surface area contributed by atoms with Crippen LogP contribution in [0.1, 0.15) is 18.9 Å². The molecule has 3 aromatic rings. The Kier molecular flexibility index (Phi) is 5.81. The summed E-state index contributed by atoms with van der Waals surface area (Å²) in [4.78, 5) is 40.4. The molecular weight excluding hydrogens is 380 g/mol. The summed E-state index contributed by atoms with van der Waals surface area (Å²) in [7, 11) is 0. The molecule has 30 heavy (non-hydrogen) atoms. The summed E-state index contributed by atoms with van der Waals surface area (Å²) < 4.78 is 2.57. The average molecular weight is 406 g/mol. The van der Waals surface area contributed by atoms with Gasteiger partial charge in [-0.25, -0.2) is 4.79 Å². The van der Waals surface area contributed by atoms with Crippen LogP contribution in [-0.2, 0) is 24.4 Å². The second-order valence-corrected chi connectivity index (χ2v) is 7.71. The van der Waals surface area contributed by atoms with Gasteiger partial charge >= 0.3 is 5.69 Å². The minimum Gasteiger partial charge on any atom is -0.350 e. The molecule has 1 aromatic heterocycles. The maximum Gasteiger partial charge on any atom is 0.331 e. The highest BCUT2D eigenvalue weighted by Gasteiger charge is 2.24. The van der Waals surface area contributed by atoms with Crippen LogP contribution < -0.4 is 16.6 Å². The summed E-state index contributed by atoms with van der Waals surface area (Å²) >= 11 is 0. The van der Waals surface area contributed by atoms with Gasteiger partial charge in [-0.3, -0.25) is 23.6 Å². The molecule has 156 valence electrons. The van der Waals surface area contributed by atoms with Crippen molar-refractivity contribution in [2.45, 2.75) is 39.0 Å². The third-order valence-electron chi connectivity index (χ3n) is 5.64. The molecule has 0 aliphatic carbocycles. The van der Waals surface area contributed by atoms with E-state index in [1.54, 1.807) is 31.2 Å². The predicted octanol–water partition coefficient (Wildman–Crippen LogP) is 1.57. The van der Waals surface area contributed by atoms with Crippen molar-refractivity contribution in [1.29, 1.82) is 0 Å². The van der Waals surface area contributed by atoms with Crippen molar-refractivity contribution in [3.05, 3.63) is 81.0 Å². The lowest BCUT2D eigenvalue weighted by Crippen LogP contribution is -2.44. The first-order valence-electron chi connectivity index (χ1n) is 10.3. The number of likely N-dealkylation sites (tertiary alicyclic amines) is 1. The lowest BCUT2D eigenvalue weighted by atomic mass is 10.2. The average Bonchev–Trinajstić information content (AvgIpc) is 3.19. The molecule has 0 spiro atoms. The van der Waals surface area contributed by atoms with Crippen LogP contribution in [-0.4, -0.2) is 39.1 Å². The molecule has 1 amide bonds. The zero-order chi connectivity index (χ0) is 21.1. The molecule has 0 saturated carbocycles. The number of fused-ring (bicyclic) bond motifs is 1. The summed E-state index contributed by atoms with van der Waals surface area (Å²) in [6, 6.07) is 17.3. The number of amides is 1. The first-order valence-corrected chi connectivity index (χ1v) is 10.3. The van der Waals surface area contributed by atoms with Gasteiger partial charge in [-0.2, -0.15) is 0 Å². The standard InChI is InChI=1S/C23H26N4O3/c1-2-26-22(29)19-10-6-7-11-20(19)27(23(26)30)16-21(28)24-18-12-13-25(15-18)14-17-8-4-3-5-9-17/h3-11,18H,2,12-16H2,1H3,(H,24,28)/t18-/m0/s1. The van der Waals surface area contributed by atoms with Gasteiger partial charge in [0.2, 0.25) is 5.91 Å². The fourth-order valence-corrected chi connectivity index (χ4v) is 4.16. The molecule has 7 nitrogen and oxygen atoms in total. The van der Waals surface area contributed by atoms with Gasteiger partial charge in [-0.05, 0) is 31.0 Å². The molecule has 0 radical (unpaired) electrons. The van der Waals surface area contributed by atoms with Crippen molar-refractivity contribution in [1.82, 2.24) is 19.4 Å². The zero-order valence-electron chi connectivity index (χ0n) is 17.1. The zero-order valence-corrected chi connectivity index (χ0v) is 17.1. The van der Waals surface area contributed by atoms with Crippen molar-refractivity contribution >= 4 is 16.8 Å². The van der Waals surface area contributed by atoms with Gasteiger partial charge < -0.3 is 5.32 Å². The highest BCUT2D eigenvalue weighted by Crippen LogP contribution is 2.14. The van der Waals surface area contributed by atoms with Crippen LogP contribution in [0.15, 0.2) is 64.2 Å². The van der Waals surface area contributed by atoms with E-state index in [-0.39, 0.29) is 30.6 Å². The van der Waals surface area contributed by atoms with E-state index < -0.39 is 5.69 Å². The first-order chi connectivity index (χ1) is 14.6. The van der Waals surface area contributed by atoms with E-state index in [4.69, 9.17) is 0 Å². The minimum atomic E-state index is -0.450. The number of rotatable bonds is 6. The molecule has 1 fully saturated rings.